The van der Waals surface area contributed by atoms with Crippen LogP contribution >= 0.6 is 27.5 Å². The van der Waals surface area contributed by atoms with Crippen molar-refractivity contribution >= 4 is 51.4 Å². The van der Waals surface area contributed by atoms with Crippen LogP contribution in [0.15, 0.2) is 53.0 Å². The molecule has 0 spiro atoms. The van der Waals surface area contributed by atoms with Gasteiger partial charge in [-0.3, -0.25) is 14.4 Å². The summed E-state index contributed by atoms with van der Waals surface area (Å²) in [6, 6.07) is 12.9. The van der Waals surface area contributed by atoms with Crippen molar-refractivity contribution in [2.75, 3.05) is 4.90 Å². The van der Waals surface area contributed by atoms with Crippen LogP contribution in [0, 0.1) is 11.3 Å². The Labute approximate surface area is 189 Å². The van der Waals surface area contributed by atoms with Crippen molar-refractivity contribution in [2.24, 2.45) is 11.3 Å². The third-order valence-corrected chi connectivity index (χ3v) is 6.76. The molecule has 30 heavy (non-hydrogen) atoms. The normalized spacial score (nSPS) is 22.2. The molecular formula is C23H23BrClNO4. The Hall–Kier alpha value is -2.18. The van der Waals surface area contributed by atoms with E-state index in [1.54, 1.807) is 55.5 Å². The number of nitrogens with zero attached hydrogens (tertiary/aromatic N) is 1. The molecule has 1 fully saturated rings. The van der Waals surface area contributed by atoms with Gasteiger partial charge in [0.2, 0.25) is 6.41 Å². The molecule has 0 saturated heterocycles. The van der Waals surface area contributed by atoms with Gasteiger partial charge in [-0.1, -0.05) is 58.6 Å². The molecule has 1 N–H and O–H groups in total. The number of carbonyl (C=O) groups is 3. The van der Waals surface area contributed by atoms with Crippen LogP contribution in [-0.4, -0.2) is 23.3 Å². The molecule has 3 atom stereocenters. The van der Waals surface area contributed by atoms with E-state index in [4.69, 9.17) is 11.6 Å². The minimum atomic E-state index is -1.16. The third kappa shape index (κ3) is 4.44. The molecule has 0 bridgehead atoms. The highest BCUT2D eigenvalue weighted by Crippen LogP contribution is 2.45. The summed E-state index contributed by atoms with van der Waals surface area (Å²) in [7, 11) is 0. The zero-order valence-electron chi connectivity index (χ0n) is 16.6. The highest BCUT2D eigenvalue weighted by Gasteiger charge is 2.49. The van der Waals surface area contributed by atoms with E-state index < -0.39 is 23.3 Å². The van der Waals surface area contributed by atoms with Crippen molar-refractivity contribution in [3.63, 3.8) is 0 Å². The fourth-order valence-corrected chi connectivity index (χ4v) is 4.70. The van der Waals surface area contributed by atoms with Crippen LogP contribution in [0.3, 0.4) is 0 Å². The Morgan fingerprint density at radius 2 is 1.93 bits per heavy atom. The van der Waals surface area contributed by atoms with Crippen molar-refractivity contribution in [2.45, 2.75) is 38.6 Å². The predicted octanol–water partition coefficient (Wildman–Crippen LogP) is 5.66. The van der Waals surface area contributed by atoms with Crippen LogP contribution < -0.4 is 4.90 Å². The minimum Gasteiger partial charge on any atom is -0.481 e. The van der Waals surface area contributed by atoms with Crippen LogP contribution in [0.4, 0.5) is 5.69 Å². The van der Waals surface area contributed by atoms with Crippen molar-refractivity contribution in [3.8, 4) is 0 Å². The van der Waals surface area contributed by atoms with E-state index >= 15 is 0 Å². The Morgan fingerprint density at radius 3 is 2.53 bits per heavy atom. The molecule has 158 valence electrons. The summed E-state index contributed by atoms with van der Waals surface area (Å²) < 4.78 is 0.839. The molecule has 2 aromatic rings. The van der Waals surface area contributed by atoms with E-state index in [9.17, 15) is 19.5 Å². The number of carboxylic acids is 1. The van der Waals surface area contributed by atoms with E-state index in [1.165, 1.54) is 4.90 Å². The van der Waals surface area contributed by atoms with Gasteiger partial charge in [0.15, 0.2) is 5.78 Å². The number of halogens is 2. The second kappa shape index (κ2) is 9.31. The summed E-state index contributed by atoms with van der Waals surface area (Å²) in [4.78, 5) is 39.5. The summed E-state index contributed by atoms with van der Waals surface area (Å²) in [6.45, 7) is 1.64. The van der Waals surface area contributed by atoms with Gasteiger partial charge in [-0.15, -0.1) is 0 Å². The molecule has 0 heterocycles. The Bertz CT molecular complexity index is 948. The average Bonchev–Trinajstić information content (AvgIpc) is 2.72. The number of carboxylic acid groups (broad SMARTS) is 1. The van der Waals surface area contributed by atoms with Crippen LogP contribution in [0.1, 0.15) is 44.2 Å². The highest BCUT2D eigenvalue weighted by atomic mass is 79.9. The number of hydrogen-bond donors (Lipinski definition) is 1. The molecule has 0 aliphatic heterocycles. The Kier molecular flexibility index (Phi) is 6.98. The molecule has 1 aliphatic rings. The molecule has 1 aliphatic carbocycles. The van der Waals surface area contributed by atoms with Gasteiger partial charge in [-0.2, -0.15) is 0 Å². The summed E-state index contributed by atoms with van der Waals surface area (Å²) in [5.74, 6) is -1.94. The van der Waals surface area contributed by atoms with Gasteiger partial charge in [0.1, 0.15) is 6.04 Å². The summed E-state index contributed by atoms with van der Waals surface area (Å²) in [5, 5.41) is 10.3. The Balaban J connectivity index is 2.11. The number of aliphatic carboxylic acids is 1. The Morgan fingerprint density at radius 1 is 1.23 bits per heavy atom. The second-order valence-electron chi connectivity index (χ2n) is 7.87. The lowest BCUT2D eigenvalue weighted by molar-refractivity contribution is -0.157. The zero-order chi connectivity index (χ0) is 21.9. The number of hydrogen-bond acceptors (Lipinski definition) is 3. The van der Waals surface area contributed by atoms with Crippen LogP contribution in [0.5, 0.6) is 0 Å². The van der Waals surface area contributed by atoms with Gasteiger partial charge in [-0.05, 0) is 55.7 Å². The van der Waals surface area contributed by atoms with Gasteiger partial charge in [0.25, 0.3) is 0 Å². The lowest BCUT2D eigenvalue weighted by Crippen LogP contribution is -2.47. The maximum absolute atomic E-state index is 13.9. The summed E-state index contributed by atoms with van der Waals surface area (Å²) >= 11 is 9.51. The molecule has 1 saturated carbocycles. The maximum atomic E-state index is 13.9. The number of anilines is 1. The molecule has 2 aromatic carbocycles. The fourth-order valence-electron chi connectivity index (χ4n) is 4.25. The highest BCUT2D eigenvalue weighted by molar-refractivity contribution is 9.10. The molecule has 0 radical (unpaired) electrons. The minimum absolute atomic E-state index is 0.269. The summed E-state index contributed by atoms with van der Waals surface area (Å²) in [6.07, 6.45) is 3.07. The molecule has 7 heteroatoms. The first kappa shape index (κ1) is 22.5. The lowest BCUT2D eigenvalue weighted by Gasteiger charge is -2.40. The van der Waals surface area contributed by atoms with E-state index in [2.05, 4.69) is 15.9 Å². The molecule has 5 nitrogen and oxygen atoms in total. The first-order chi connectivity index (χ1) is 14.3. The molecular weight excluding hydrogens is 470 g/mol. The first-order valence-electron chi connectivity index (χ1n) is 9.79. The van der Waals surface area contributed by atoms with E-state index in [-0.39, 0.29) is 5.78 Å². The largest absolute Gasteiger partial charge is 0.481 e. The molecule has 0 aromatic heterocycles. The smallest absolute Gasteiger partial charge is 0.310 e. The number of benzene rings is 2. The predicted molar refractivity (Wildman–Crippen MR) is 120 cm³/mol. The quantitative estimate of drug-likeness (QED) is 0.506. The van der Waals surface area contributed by atoms with Gasteiger partial charge in [0, 0.05) is 21.1 Å². The van der Waals surface area contributed by atoms with E-state index in [0.717, 1.165) is 17.3 Å². The standard InChI is InChI=1S/C23H23BrClNO4/c1-23(22(29)30)12-3-2-7-19(23)21(28)20(15-8-10-16(24)11-9-15)26(14-27)18-6-4-5-17(25)13-18/h4-6,8-11,13-14,19-20H,2-3,7,12H2,1H3,(H,29,30)/t19-,20?,23+/m0/s1. The third-order valence-electron chi connectivity index (χ3n) is 5.99. The number of Topliss-reactive ketones (excluding diaryl/α,β-unsaturated/α-hetero) is 1. The lowest BCUT2D eigenvalue weighted by atomic mass is 9.64. The number of carbonyl (C=O) groups excluding carboxylic acids is 2. The van der Waals surface area contributed by atoms with Crippen LogP contribution in [0.2, 0.25) is 5.02 Å². The molecule has 3 rings (SSSR count). The second-order valence-corrected chi connectivity index (χ2v) is 9.22. The maximum Gasteiger partial charge on any atom is 0.310 e. The van der Waals surface area contributed by atoms with E-state index in [0.29, 0.717) is 35.5 Å². The van der Waals surface area contributed by atoms with Crippen LogP contribution in [0.25, 0.3) is 0 Å². The first-order valence-corrected chi connectivity index (χ1v) is 11.0. The molecule has 1 unspecified atom stereocenters. The molecule has 1 amide bonds. The van der Waals surface area contributed by atoms with Gasteiger partial charge in [0.05, 0.1) is 5.41 Å². The van der Waals surface area contributed by atoms with Crippen molar-refractivity contribution in [3.05, 3.63) is 63.6 Å². The SMILES string of the molecule is C[C@@]1(C(=O)O)CCCC[C@H]1C(=O)C(c1ccc(Br)cc1)N(C=O)c1cccc(Cl)c1. The number of rotatable bonds is 7. The summed E-state index contributed by atoms with van der Waals surface area (Å²) in [5.41, 5.74) is -0.0635. The monoisotopic (exact) mass is 491 g/mol. The van der Waals surface area contributed by atoms with Crippen molar-refractivity contribution < 1.29 is 19.5 Å². The van der Waals surface area contributed by atoms with Gasteiger partial charge >= 0.3 is 5.97 Å². The number of amides is 1. The van der Waals surface area contributed by atoms with Gasteiger partial charge in [-0.25, -0.2) is 0 Å². The fraction of sp³-hybridized carbons (Fsp3) is 0.348. The van der Waals surface area contributed by atoms with Crippen LogP contribution in [-0.2, 0) is 14.4 Å². The number of ketones is 1. The van der Waals surface area contributed by atoms with E-state index in [1.807, 2.05) is 0 Å². The zero-order valence-corrected chi connectivity index (χ0v) is 18.9. The van der Waals surface area contributed by atoms with Crippen molar-refractivity contribution in [1.82, 2.24) is 0 Å². The topological polar surface area (TPSA) is 74.7 Å². The van der Waals surface area contributed by atoms with Crippen molar-refractivity contribution in [1.29, 1.82) is 0 Å². The average molecular weight is 493 g/mol. The van der Waals surface area contributed by atoms with Gasteiger partial charge < -0.3 is 10.0 Å².